The molecule has 0 radical (unpaired) electrons. The molecule has 3 heteroatoms. The topological polar surface area (TPSA) is 52.3 Å². The smallest absolute Gasteiger partial charge is 0.322 e. The summed E-state index contributed by atoms with van der Waals surface area (Å²) in [5.74, 6) is -0.725. The number of methoxy groups -OCH3 is 1. The largest absolute Gasteiger partial charge is 0.468 e. The van der Waals surface area contributed by atoms with Crippen LogP contribution in [0.25, 0.3) is 0 Å². The first-order chi connectivity index (χ1) is 3.48. The van der Waals surface area contributed by atoms with E-state index >= 15 is 0 Å². The van der Waals surface area contributed by atoms with Crippen molar-refractivity contribution in [3.63, 3.8) is 0 Å². The number of carbonyl (C=O) groups is 1. The molecular formula is C4H9NO2. The number of rotatable bonds is 1. The van der Waals surface area contributed by atoms with Crippen molar-refractivity contribution in [2.75, 3.05) is 7.11 Å². The molecule has 0 aromatic carbocycles. The highest BCUT2D eigenvalue weighted by Crippen LogP contribution is 1.76. The van der Waals surface area contributed by atoms with Crippen molar-refractivity contribution in [2.24, 2.45) is 5.73 Å². The Morgan fingerprint density at radius 3 is 2.57 bits per heavy atom. The minimum Gasteiger partial charge on any atom is -0.468 e. The van der Waals surface area contributed by atoms with E-state index in [1.807, 2.05) is 0 Å². The SMILES string of the molecule is [2H][C@@](C)(N)C(=O)OC. The van der Waals surface area contributed by atoms with Gasteiger partial charge in [0, 0.05) is 0 Å². The third-order valence-electron chi connectivity index (χ3n) is 0.507. The monoisotopic (exact) mass is 104 g/mol. The van der Waals surface area contributed by atoms with Gasteiger partial charge in [0.05, 0.1) is 8.48 Å². The van der Waals surface area contributed by atoms with E-state index in [2.05, 4.69) is 4.74 Å². The Bertz CT molecular complexity index is 96.7. The van der Waals surface area contributed by atoms with E-state index in [-0.39, 0.29) is 0 Å². The second kappa shape index (κ2) is 2.58. The molecule has 0 aromatic rings. The number of nitrogens with two attached hydrogens (primary N) is 1. The van der Waals surface area contributed by atoms with E-state index in [1.54, 1.807) is 0 Å². The number of ether oxygens (including phenoxy) is 1. The van der Waals surface area contributed by atoms with Crippen LogP contribution in [0.2, 0.25) is 0 Å². The fraction of sp³-hybridized carbons (Fsp3) is 0.750. The van der Waals surface area contributed by atoms with Gasteiger partial charge < -0.3 is 10.5 Å². The van der Waals surface area contributed by atoms with Crippen molar-refractivity contribution in [1.82, 2.24) is 0 Å². The Labute approximate surface area is 43.9 Å². The Hall–Kier alpha value is -0.570. The average Bonchev–Trinajstić information content (AvgIpc) is 1.62. The van der Waals surface area contributed by atoms with Gasteiger partial charge in [0.25, 0.3) is 0 Å². The van der Waals surface area contributed by atoms with Crippen LogP contribution < -0.4 is 5.73 Å². The molecule has 1 atom stereocenters. The number of esters is 1. The number of hydrogen-bond acceptors (Lipinski definition) is 3. The third kappa shape index (κ3) is 2.17. The van der Waals surface area contributed by atoms with Crippen LogP contribution in [0.5, 0.6) is 0 Å². The molecule has 0 aliphatic rings. The van der Waals surface area contributed by atoms with Gasteiger partial charge in [0.15, 0.2) is 0 Å². The second-order valence-corrected chi connectivity index (χ2v) is 1.17. The van der Waals surface area contributed by atoms with Crippen LogP contribution in [0.1, 0.15) is 8.29 Å². The van der Waals surface area contributed by atoms with Crippen LogP contribution >= 0.6 is 0 Å². The Morgan fingerprint density at radius 1 is 2.14 bits per heavy atom. The summed E-state index contributed by atoms with van der Waals surface area (Å²) in [4.78, 5) is 10.3. The number of carbonyl (C=O) groups excluding carboxylic acids is 1. The third-order valence-corrected chi connectivity index (χ3v) is 0.507. The van der Waals surface area contributed by atoms with E-state index in [4.69, 9.17) is 7.10 Å². The molecule has 0 saturated carbocycles. The molecule has 2 N–H and O–H groups in total. The fourth-order valence-corrected chi connectivity index (χ4v) is 0.161. The summed E-state index contributed by atoms with van der Waals surface area (Å²) in [7, 11) is 1.20. The van der Waals surface area contributed by atoms with E-state index in [1.165, 1.54) is 14.0 Å². The van der Waals surface area contributed by atoms with E-state index in [9.17, 15) is 4.79 Å². The van der Waals surface area contributed by atoms with Crippen LogP contribution in [-0.2, 0) is 9.53 Å². The molecule has 0 aromatic heterocycles. The zero-order valence-corrected chi connectivity index (χ0v) is 4.39. The lowest BCUT2D eigenvalue weighted by molar-refractivity contribution is -0.141. The quantitative estimate of drug-likeness (QED) is 0.456. The molecule has 0 spiro atoms. The lowest BCUT2D eigenvalue weighted by Gasteiger charge is -1.98. The van der Waals surface area contributed by atoms with Crippen LogP contribution in [0.15, 0.2) is 0 Å². The maximum atomic E-state index is 10.3. The first-order valence-electron chi connectivity index (χ1n) is 2.36. The van der Waals surface area contributed by atoms with Crippen molar-refractivity contribution in [3.05, 3.63) is 0 Å². The zero-order valence-electron chi connectivity index (χ0n) is 5.39. The molecule has 0 fully saturated rings. The lowest BCUT2D eigenvalue weighted by Crippen LogP contribution is -2.27. The minimum absolute atomic E-state index is 0.725. The maximum Gasteiger partial charge on any atom is 0.322 e. The molecule has 3 nitrogen and oxygen atoms in total. The predicted molar refractivity (Wildman–Crippen MR) is 25.7 cm³/mol. The van der Waals surface area contributed by atoms with Gasteiger partial charge in [-0.3, -0.25) is 4.79 Å². The molecule has 7 heavy (non-hydrogen) atoms. The first kappa shape index (κ1) is 4.59. The summed E-state index contributed by atoms with van der Waals surface area (Å²) in [6, 6.07) is -1.60. The first-order valence-corrected chi connectivity index (χ1v) is 1.86. The van der Waals surface area contributed by atoms with Gasteiger partial charge in [0.2, 0.25) is 0 Å². The van der Waals surface area contributed by atoms with Crippen molar-refractivity contribution in [2.45, 2.75) is 12.9 Å². The van der Waals surface area contributed by atoms with Crippen LogP contribution in [0, 0.1) is 0 Å². The Morgan fingerprint density at radius 2 is 2.57 bits per heavy atom. The van der Waals surface area contributed by atoms with E-state index < -0.39 is 12.0 Å². The van der Waals surface area contributed by atoms with Crippen LogP contribution in [-0.4, -0.2) is 19.1 Å². The maximum absolute atomic E-state index is 10.3. The van der Waals surface area contributed by atoms with Gasteiger partial charge in [-0.15, -0.1) is 0 Å². The van der Waals surface area contributed by atoms with Crippen molar-refractivity contribution >= 4 is 5.97 Å². The lowest BCUT2D eigenvalue weighted by atomic mass is 10.4. The van der Waals surface area contributed by atoms with Crippen molar-refractivity contribution < 1.29 is 10.9 Å². The van der Waals surface area contributed by atoms with Crippen molar-refractivity contribution in [1.29, 1.82) is 0 Å². The molecule has 0 heterocycles. The van der Waals surface area contributed by atoms with Gasteiger partial charge in [-0.1, -0.05) is 0 Å². The highest BCUT2D eigenvalue weighted by molar-refractivity contribution is 5.74. The standard InChI is InChI=1S/C4H9NO2/c1-3(5)4(6)7-2/h3H,5H2,1-2H3/t3-/m0/s1/i3D. The highest BCUT2D eigenvalue weighted by atomic mass is 16.5. The second-order valence-electron chi connectivity index (χ2n) is 1.17. The van der Waals surface area contributed by atoms with Crippen LogP contribution in [0.4, 0.5) is 0 Å². The summed E-state index contributed by atoms with van der Waals surface area (Å²) in [6.45, 7) is 1.26. The summed E-state index contributed by atoms with van der Waals surface area (Å²) in [5.41, 5.74) is 4.98. The molecule has 0 amide bonds. The molecule has 0 aliphatic carbocycles. The van der Waals surface area contributed by atoms with Gasteiger partial charge in [-0.25, -0.2) is 0 Å². The normalized spacial score (nSPS) is 19.6. The molecule has 0 bridgehead atoms. The van der Waals surface area contributed by atoms with Gasteiger partial charge >= 0.3 is 5.97 Å². The Balaban J connectivity index is 3.82. The highest BCUT2D eigenvalue weighted by Gasteiger charge is 2.03. The summed E-state index contributed by atoms with van der Waals surface area (Å²) >= 11 is 0. The minimum atomic E-state index is -1.60. The number of hydrogen-bond donors (Lipinski definition) is 1. The summed E-state index contributed by atoms with van der Waals surface area (Å²) in [5, 5.41) is 0. The molecule has 0 aliphatic heterocycles. The molecule has 0 saturated heterocycles. The average molecular weight is 104 g/mol. The van der Waals surface area contributed by atoms with Gasteiger partial charge in [-0.2, -0.15) is 0 Å². The molecule has 42 valence electrons. The van der Waals surface area contributed by atoms with E-state index in [0.717, 1.165) is 0 Å². The van der Waals surface area contributed by atoms with Gasteiger partial charge in [-0.05, 0) is 6.92 Å². The predicted octanol–water partition coefficient (Wildman–Crippen LogP) is -0.493. The fourth-order valence-electron chi connectivity index (χ4n) is 0.161. The summed E-state index contributed by atoms with van der Waals surface area (Å²) in [6.07, 6.45) is 0. The van der Waals surface area contributed by atoms with Crippen molar-refractivity contribution in [3.8, 4) is 0 Å². The molecular weight excluding hydrogens is 94.0 g/mol. The van der Waals surface area contributed by atoms with Gasteiger partial charge in [0.1, 0.15) is 6.02 Å². The molecule has 0 rings (SSSR count). The van der Waals surface area contributed by atoms with Crippen LogP contribution in [0.3, 0.4) is 0 Å². The van der Waals surface area contributed by atoms with E-state index in [0.29, 0.717) is 0 Å². The Kier molecular flexibility index (Phi) is 1.69. The zero-order chi connectivity index (χ0) is 6.78. The molecule has 0 unspecified atom stereocenters. The summed E-state index contributed by atoms with van der Waals surface area (Å²) < 4.78 is 11.0.